The molecule has 1 atom stereocenters. The number of ether oxygens (including phenoxy) is 1. The first-order valence-electron chi connectivity index (χ1n) is 7.26. The quantitative estimate of drug-likeness (QED) is 0.807. The van der Waals surface area contributed by atoms with Gasteiger partial charge >= 0.3 is 5.97 Å². The van der Waals surface area contributed by atoms with Crippen molar-refractivity contribution >= 4 is 11.7 Å². The van der Waals surface area contributed by atoms with Gasteiger partial charge < -0.3 is 9.64 Å². The van der Waals surface area contributed by atoms with E-state index < -0.39 is 0 Å². The number of anilines is 1. The van der Waals surface area contributed by atoms with E-state index in [1.807, 2.05) is 12.1 Å². The minimum absolute atomic E-state index is 0.132. The fourth-order valence-corrected chi connectivity index (χ4v) is 2.81. The zero-order valence-electron chi connectivity index (χ0n) is 12.2. The number of rotatable bonds is 4. The van der Waals surface area contributed by atoms with Crippen molar-refractivity contribution < 1.29 is 9.53 Å². The highest BCUT2D eigenvalue weighted by Crippen LogP contribution is 2.31. The summed E-state index contributed by atoms with van der Waals surface area (Å²) in [6.45, 7) is 0.908. The standard InChI is InChI=1S/C18H19NO2/c1-21-18(20)17-11-12-19(17)16-10-6-5-9-15(16)13-14-7-3-2-4-8-14/h2-10,17H,11-13H2,1H3. The Labute approximate surface area is 125 Å². The van der Waals surface area contributed by atoms with Gasteiger partial charge in [0.05, 0.1) is 7.11 Å². The fraction of sp³-hybridized carbons (Fsp3) is 0.278. The van der Waals surface area contributed by atoms with Gasteiger partial charge in [-0.25, -0.2) is 4.79 Å². The number of esters is 1. The Kier molecular flexibility index (Phi) is 3.91. The summed E-state index contributed by atoms with van der Waals surface area (Å²) in [7, 11) is 1.45. The van der Waals surface area contributed by atoms with E-state index in [2.05, 4.69) is 47.4 Å². The Bertz CT molecular complexity index is 624. The van der Waals surface area contributed by atoms with Gasteiger partial charge in [0.25, 0.3) is 0 Å². The van der Waals surface area contributed by atoms with E-state index in [1.54, 1.807) is 0 Å². The topological polar surface area (TPSA) is 29.5 Å². The average molecular weight is 281 g/mol. The van der Waals surface area contributed by atoms with Crippen molar-refractivity contribution in [2.24, 2.45) is 0 Å². The number of hydrogen-bond acceptors (Lipinski definition) is 3. The van der Waals surface area contributed by atoms with Crippen LogP contribution in [0.1, 0.15) is 17.5 Å². The maximum Gasteiger partial charge on any atom is 0.328 e. The minimum atomic E-state index is -0.143. The third kappa shape index (κ3) is 2.77. The van der Waals surface area contributed by atoms with Crippen LogP contribution in [0.25, 0.3) is 0 Å². The van der Waals surface area contributed by atoms with Crippen molar-refractivity contribution in [3.8, 4) is 0 Å². The van der Waals surface area contributed by atoms with Crippen LogP contribution in [0.15, 0.2) is 54.6 Å². The lowest BCUT2D eigenvalue weighted by Crippen LogP contribution is -2.53. The number of hydrogen-bond donors (Lipinski definition) is 0. The van der Waals surface area contributed by atoms with E-state index in [9.17, 15) is 4.79 Å². The molecule has 2 aromatic carbocycles. The smallest absolute Gasteiger partial charge is 0.328 e. The highest BCUT2D eigenvalue weighted by molar-refractivity contribution is 5.82. The number of benzene rings is 2. The van der Waals surface area contributed by atoms with Crippen LogP contribution in [0.5, 0.6) is 0 Å². The molecule has 3 rings (SSSR count). The van der Waals surface area contributed by atoms with Crippen LogP contribution in [0.3, 0.4) is 0 Å². The molecule has 21 heavy (non-hydrogen) atoms. The molecule has 3 nitrogen and oxygen atoms in total. The molecule has 108 valence electrons. The third-order valence-corrected chi connectivity index (χ3v) is 4.03. The Balaban J connectivity index is 1.85. The van der Waals surface area contributed by atoms with Gasteiger partial charge in [-0.2, -0.15) is 0 Å². The summed E-state index contributed by atoms with van der Waals surface area (Å²) in [5.41, 5.74) is 3.67. The molecule has 1 aliphatic heterocycles. The maximum atomic E-state index is 11.8. The lowest BCUT2D eigenvalue weighted by atomic mass is 9.97. The van der Waals surface area contributed by atoms with Crippen molar-refractivity contribution in [1.82, 2.24) is 0 Å². The minimum Gasteiger partial charge on any atom is -0.467 e. The summed E-state index contributed by atoms with van der Waals surface area (Å²) in [6, 6.07) is 18.6. The Morgan fingerprint density at radius 1 is 1.14 bits per heavy atom. The van der Waals surface area contributed by atoms with Crippen molar-refractivity contribution in [1.29, 1.82) is 0 Å². The van der Waals surface area contributed by atoms with E-state index in [0.29, 0.717) is 0 Å². The maximum absolute atomic E-state index is 11.8. The van der Waals surface area contributed by atoms with Crippen LogP contribution in [0.2, 0.25) is 0 Å². The molecule has 0 aromatic heterocycles. The van der Waals surface area contributed by atoms with Gasteiger partial charge in [-0.15, -0.1) is 0 Å². The number of methoxy groups -OCH3 is 1. The Morgan fingerprint density at radius 3 is 2.52 bits per heavy atom. The second-order valence-corrected chi connectivity index (χ2v) is 5.31. The molecule has 2 aromatic rings. The van der Waals surface area contributed by atoms with Crippen molar-refractivity contribution in [2.75, 3.05) is 18.6 Å². The van der Waals surface area contributed by atoms with Gasteiger partial charge in [-0.05, 0) is 30.0 Å². The van der Waals surface area contributed by atoms with E-state index >= 15 is 0 Å². The number of para-hydroxylation sites is 1. The molecule has 0 radical (unpaired) electrons. The van der Waals surface area contributed by atoms with Crippen LogP contribution >= 0.6 is 0 Å². The molecule has 1 unspecified atom stereocenters. The van der Waals surface area contributed by atoms with Crippen LogP contribution < -0.4 is 4.90 Å². The Hall–Kier alpha value is -2.29. The first-order chi connectivity index (χ1) is 10.3. The first-order valence-corrected chi connectivity index (χ1v) is 7.26. The summed E-state index contributed by atoms with van der Waals surface area (Å²) >= 11 is 0. The molecule has 3 heteroatoms. The van der Waals surface area contributed by atoms with E-state index in [-0.39, 0.29) is 12.0 Å². The van der Waals surface area contributed by atoms with Gasteiger partial charge in [0, 0.05) is 12.2 Å². The lowest BCUT2D eigenvalue weighted by Gasteiger charge is -2.41. The molecule has 0 amide bonds. The molecule has 1 saturated heterocycles. The highest BCUT2D eigenvalue weighted by Gasteiger charge is 2.35. The molecule has 0 bridgehead atoms. The molecule has 1 heterocycles. The van der Waals surface area contributed by atoms with Gasteiger partial charge in [0.15, 0.2) is 0 Å². The second kappa shape index (κ2) is 6.00. The first kappa shape index (κ1) is 13.7. The largest absolute Gasteiger partial charge is 0.467 e. The van der Waals surface area contributed by atoms with Gasteiger partial charge in [0.1, 0.15) is 6.04 Å². The summed E-state index contributed by atoms with van der Waals surface area (Å²) in [5.74, 6) is -0.143. The van der Waals surface area contributed by atoms with Crippen molar-refractivity contribution in [2.45, 2.75) is 18.9 Å². The van der Waals surface area contributed by atoms with Crippen LogP contribution in [-0.4, -0.2) is 25.7 Å². The summed E-state index contributed by atoms with van der Waals surface area (Å²) in [4.78, 5) is 13.9. The fourth-order valence-electron chi connectivity index (χ4n) is 2.81. The molecular formula is C18H19NO2. The van der Waals surface area contributed by atoms with Crippen molar-refractivity contribution in [3.63, 3.8) is 0 Å². The SMILES string of the molecule is COC(=O)C1CCN1c1ccccc1Cc1ccccc1. The monoisotopic (exact) mass is 281 g/mol. The summed E-state index contributed by atoms with van der Waals surface area (Å²) < 4.78 is 4.88. The molecule has 0 saturated carbocycles. The molecule has 0 N–H and O–H groups in total. The molecular weight excluding hydrogens is 262 g/mol. The molecule has 1 aliphatic rings. The second-order valence-electron chi connectivity index (χ2n) is 5.31. The normalized spacial score (nSPS) is 17.2. The number of nitrogens with zero attached hydrogens (tertiary/aromatic N) is 1. The van der Waals surface area contributed by atoms with Gasteiger partial charge in [-0.3, -0.25) is 0 Å². The molecule has 0 spiro atoms. The summed E-state index contributed by atoms with van der Waals surface area (Å²) in [6.07, 6.45) is 1.74. The van der Waals surface area contributed by atoms with E-state index in [0.717, 1.165) is 25.1 Å². The summed E-state index contributed by atoms with van der Waals surface area (Å²) in [5, 5.41) is 0. The highest BCUT2D eigenvalue weighted by atomic mass is 16.5. The Morgan fingerprint density at radius 2 is 1.86 bits per heavy atom. The van der Waals surface area contributed by atoms with Gasteiger partial charge in [-0.1, -0.05) is 48.5 Å². The van der Waals surface area contributed by atoms with E-state index in [1.165, 1.54) is 18.2 Å². The van der Waals surface area contributed by atoms with Crippen LogP contribution in [0.4, 0.5) is 5.69 Å². The number of carbonyl (C=O) groups excluding carboxylic acids is 1. The average Bonchev–Trinajstić information content (AvgIpc) is 2.49. The zero-order valence-corrected chi connectivity index (χ0v) is 12.2. The zero-order chi connectivity index (χ0) is 14.7. The molecule has 1 fully saturated rings. The van der Waals surface area contributed by atoms with Crippen LogP contribution in [0, 0.1) is 0 Å². The van der Waals surface area contributed by atoms with Crippen molar-refractivity contribution in [3.05, 3.63) is 65.7 Å². The number of carbonyl (C=O) groups is 1. The van der Waals surface area contributed by atoms with Crippen LogP contribution in [-0.2, 0) is 16.0 Å². The predicted octanol–water partition coefficient (Wildman–Crippen LogP) is 3.03. The lowest BCUT2D eigenvalue weighted by molar-refractivity contribution is -0.143. The third-order valence-electron chi connectivity index (χ3n) is 4.03. The van der Waals surface area contributed by atoms with E-state index in [4.69, 9.17) is 4.74 Å². The predicted molar refractivity (Wildman–Crippen MR) is 83.5 cm³/mol. The molecule has 0 aliphatic carbocycles. The van der Waals surface area contributed by atoms with Gasteiger partial charge in [0.2, 0.25) is 0 Å².